The Morgan fingerprint density at radius 3 is 2.24 bits per heavy atom. The summed E-state index contributed by atoms with van der Waals surface area (Å²) in [5.74, 6) is -0.401. The molecule has 0 bridgehead atoms. The molecule has 1 saturated heterocycles. The molecular formula is C26H24BrClF3N3O3S. The maximum absolute atomic E-state index is 13.5. The van der Waals surface area contributed by atoms with Crippen LogP contribution in [-0.4, -0.2) is 56.3 Å². The van der Waals surface area contributed by atoms with Gasteiger partial charge in [-0.15, -0.1) is 0 Å². The number of hydrogen-bond acceptors (Lipinski definition) is 4. The Labute approximate surface area is 232 Å². The molecule has 0 atom stereocenters. The molecule has 0 radical (unpaired) electrons. The first-order valence-electron chi connectivity index (χ1n) is 11.6. The summed E-state index contributed by atoms with van der Waals surface area (Å²) in [5.41, 5.74) is 0.240. The number of anilines is 1. The molecule has 1 amide bonds. The maximum Gasteiger partial charge on any atom is 0.416 e. The number of sulfonamides is 1. The number of carbonyl (C=O) groups excluding carboxylic acids is 1. The van der Waals surface area contributed by atoms with Gasteiger partial charge in [0.2, 0.25) is 15.9 Å². The molecule has 0 N–H and O–H groups in total. The van der Waals surface area contributed by atoms with Gasteiger partial charge in [0.25, 0.3) is 0 Å². The van der Waals surface area contributed by atoms with Gasteiger partial charge >= 0.3 is 6.18 Å². The average Bonchev–Trinajstić information content (AvgIpc) is 2.89. The normalized spacial score (nSPS) is 14.7. The molecule has 4 rings (SSSR count). The van der Waals surface area contributed by atoms with Crippen molar-refractivity contribution < 1.29 is 26.4 Å². The molecule has 1 heterocycles. The maximum atomic E-state index is 13.5. The molecule has 0 aliphatic carbocycles. The summed E-state index contributed by atoms with van der Waals surface area (Å²) < 4.78 is 68.2. The van der Waals surface area contributed by atoms with Crippen LogP contribution in [0, 0.1) is 0 Å². The number of nitrogens with zero attached hydrogens (tertiary/aromatic N) is 3. The van der Waals surface area contributed by atoms with E-state index < -0.39 is 34.2 Å². The molecular weight excluding hydrogens is 607 g/mol. The van der Waals surface area contributed by atoms with E-state index in [-0.39, 0.29) is 24.5 Å². The molecule has 202 valence electrons. The Bertz CT molecular complexity index is 1400. The van der Waals surface area contributed by atoms with Crippen molar-refractivity contribution in [1.82, 2.24) is 9.21 Å². The third-order valence-corrected chi connectivity index (χ3v) is 8.94. The minimum atomic E-state index is -4.45. The van der Waals surface area contributed by atoms with E-state index in [0.717, 1.165) is 16.4 Å². The van der Waals surface area contributed by atoms with Gasteiger partial charge in [0.1, 0.15) is 0 Å². The second-order valence-corrected chi connectivity index (χ2v) is 12.0. The lowest BCUT2D eigenvalue weighted by Crippen LogP contribution is -2.51. The second-order valence-electron chi connectivity index (χ2n) is 8.73. The Hall–Kier alpha value is -2.60. The number of rotatable bonds is 7. The van der Waals surface area contributed by atoms with E-state index in [1.54, 1.807) is 47.4 Å². The lowest BCUT2D eigenvalue weighted by molar-refractivity contribution is -0.137. The Morgan fingerprint density at radius 2 is 1.61 bits per heavy atom. The number of carbonyl (C=O) groups is 1. The topological polar surface area (TPSA) is 60.9 Å². The molecule has 3 aromatic rings. The van der Waals surface area contributed by atoms with Gasteiger partial charge in [-0.05, 0) is 54.1 Å². The van der Waals surface area contributed by atoms with Crippen molar-refractivity contribution in [1.29, 1.82) is 0 Å². The highest BCUT2D eigenvalue weighted by molar-refractivity contribution is 9.10. The molecule has 0 spiro atoms. The number of piperazine rings is 1. The van der Waals surface area contributed by atoms with Gasteiger partial charge < -0.3 is 9.80 Å². The van der Waals surface area contributed by atoms with Crippen molar-refractivity contribution in [2.75, 3.05) is 37.6 Å². The molecule has 1 aliphatic heterocycles. The molecule has 0 unspecified atom stereocenters. The summed E-state index contributed by atoms with van der Waals surface area (Å²) in [4.78, 5) is 16.6. The summed E-state index contributed by atoms with van der Waals surface area (Å²) in [6.45, 7) is 0.607. The van der Waals surface area contributed by atoms with E-state index in [1.807, 2.05) is 0 Å². The second kappa shape index (κ2) is 11.6. The van der Waals surface area contributed by atoms with Crippen molar-refractivity contribution in [2.45, 2.75) is 17.6 Å². The van der Waals surface area contributed by atoms with Crippen LogP contribution in [0.5, 0.6) is 0 Å². The highest BCUT2D eigenvalue weighted by atomic mass is 79.9. The molecule has 1 fully saturated rings. The monoisotopic (exact) mass is 629 g/mol. The summed E-state index contributed by atoms with van der Waals surface area (Å²) in [6, 6.07) is 18.0. The van der Waals surface area contributed by atoms with Gasteiger partial charge in [-0.3, -0.25) is 4.79 Å². The first-order valence-corrected chi connectivity index (χ1v) is 14.3. The Kier molecular flexibility index (Phi) is 8.71. The van der Waals surface area contributed by atoms with Crippen LogP contribution >= 0.6 is 27.5 Å². The number of halogens is 5. The zero-order valence-corrected chi connectivity index (χ0v) is 23.2. The SMILES string of the molecule is O=C(CN(Cc1ccccc1Cl)S(=O)(=O)c1ccc(Br)cc1)N1CCN(c2cccc(C(F)(F)F)c2)CC1. The van der Waals surface area contributed by atoms with Crippen molar-refractivity contribution in [3.63, 3.8) is 0 Å². The van der Waals surface area contributed by atoms with E-state index in [4.69, 9.17) is 11.6 Å². The zero-order chi connectivity index (χ0) is 27.5. The predicted octanol–water partition coefficient (Wildman–Crippen LogP) is 5.66. The van der Waals surface area contributed by atoms with Crippen molar-refractivity contribution in [3.8, 4) is 0 Å². The zero-order valence-electron chi connectivity index (χ0n) is 20.0. The average molecular weight is 631 g/mol. The van der Waals surface area contributed by atoms with Crippen LogP contribution in [0.15, 0.2) is 82.2 Å². The molecule has 12 heteroatoms. The van der Waals surface area contributed by atoms with Crippen LogP contribution < -0.4 is 4.90 Å². The summed E-state index contributed by atoms with van der Waals surface area (Å²) in [5, 5.41) is 0.380. The number of alkyl halides is 3. The third-order valence-electron chi connectivity index (χ3n) is 6.24. The molecule has 1 aliphatic rings. The van der Waals surface area contributed by atoms with Gasteiger partial charge in [-0.25, -0.2) is 8.42 Å². The van der Waals surface area contributed by atoms with E-state index in [0.29, 0.717) is 33.8 Å². The molecule has 6 nitrogen and oxygen atoms in total. The standard InChI is InChI=1S/C26H24BrClF3N3O3S/c27-21-8-10-23(11-9-21)38(36,37)34(17-19-4-1-2-7-24(19)28)18-25(35)33-14-12-32(13-15-33)22-6-3-5-20(16-22)26(29,30)31/h1-11,16H,12-15,17-18H2. The van der Waals surface area contributed by atoms with Crippen LogP contribution in [0.3, 0.4) is 0 Å². The highest BCUT2D eigenvalue weighted by Crippen LogP contribution is 2.32. The smallest absolute Gasteiger partial charge is 0.368 e. The van der Waals surface area contributed by atoms with Crippen LogP contribution in [0.4, 0.5) is 18.9 Å². The first-order chi connectivity index (χ1) is 17.9. The minimum Gasteiger partial charge on any atom is -0.368 e. The fourth-order valence-corrected chi connectivity index (χ4v) is 5.97. The van der Waals surface area contributed by atoms with Gasteiger partial charge in [0.05, 0.1) is 17.0 Å². The van der Waals surface area contributed by atoms with Crippen LogP contribution in [0.1, 0.15) is 11.1 Å². The lowest BCUT2D eigenvalue weighted by atomic mass is 10.1. The molecule has 0 aromatic heterocycles. The number of hydrogen-bond donors (Lipinski definition) is 0. The van der Waals surface area contributed by atoms with Gasteiger partial charge in [-0.1, -0.05) is 51.8 Å². The number of benzene rings is 3. The summed E-state index contributed by atoms with van der Waals surface area (Å²) in [6.07, 6.45) is -4.45. The summed E-state index contributed by atoms with van der Waals surface area (Å²) in [7, 11) is -4.05. The minimum absolute atomic E-state index is 0.0370. The predicted molar refractivity (Wildman–Crippen MR) is 143 cm³/mol. The largest absolute Gasteiger partial charge is 0.416 e. The fraction of sp³-hybridized carbons (Fsp3) is 0.269. The van der Waals surface area contributed by atoms with E-state index in [2.05, 4.69) is 15.9 Å². The van der Waals surface area contributed by atoms with Crippen LogP contribution in [0.25, 0.3) is 0 Å². The number of amides is 1. The van der Waals surface area contributed by atoms with Gasteiger partial charge in [-0.2, -0.15) is 17.5 Å². The van der Waals surface area contributed by atoms with E-state index >= 15 is 0 Å². The highest BCUT2D eigenvalue weighted by Gasteiger charge is 2.32. The van der Waals surface area contributed by atoms with Crippen molar-refractivity contribution >= 4 is 49.1 Å². The van der Waals surface area contributed by atoms with Gasteiger partial charge in [0.15, 0.2) is 0 Å². The summed E-state index contributed by atoms with van der Waals surface area (Å²) >= 11 is 9.58. The molecule has 38 heavy (non-hydrogen) atoms. The van der Waals surface area contributed by atoms with Crippen LogP contribution in [-0.2, 0) is 27.5 Å². The van der Waals surface area contributed by atoms with Crippen molar-refractivity contribution in [3.05, 3.63) is 93.4 Å². The first kappa shape index (κ1) is 28.4. The lowest BCUT2D eigenvalue weighted by Gasteiger charge is -2.37. The molecule has 0 saturated carbocycles. The van der Waals surface area contributed by atoms with Gasteiger partial charge in [0, 0.05) is 47.9 Å². The van der Waals surface area contributed by atoms with Crippen LogP contribution in [0.2, 0.25) is 5.02 Å². The van der Waals surface area contributed by atoms with Crippen molar-refractivity contribution in [2.24, 2.45) is 0 Å². The quantitative estimate of drug-likeness (QED) is 0.338. The Balaban J connectivity index is 1.49. The fourth-order valence-electron chi connectivity index (χ4n) is 4.14. The van der Waals surface area contributed by atoms with E-state index in [1.165, 1.54) is 23.1 Å². The third kappa shape index (κ3) is 6.69. The Morgan fingerprint density at radius 1 is 0.947 bits per heavy atom. The van der Waals surface area contributed by atoms with E-state index in [9.17, 15) is 26.4 Å². The molecule has 3 aromatic carbocycles.